The van der Waals surface area contributed by atoms with Crippen LogP contribution < -0.4 is 11.0 Å². The minimum atomic E-state index is 0.118. The number of hydrogen-bond acceptors (Lipinski definition) is 5. The average molecular weight is 136 g/mol. The summed E-state index contributed by atoms with van der Waals surface area (Å²) in [5, 5.41) is 19.0. The Kier molecular flexibility index (Phi) is 7.63. The lowest BCUT2D eigenvalue weighted by Gasteiger charge is -2.00. The Morgan fingerprint density at radius 1 is 1.33 bits per heavy atom. The van der Waals surface area contributed by atoms with Gasteiger partial charge < -0.3 is 10.4 Å². The largest absolute Gasteiger partial charge is 0.395 e. The molecule has 0 atom stereocenters. The van der Waals surface area contributed by atoms with Crippen molar-refractivity contribution in [2.45, 2.75) is 0 Å². The lowest BCUT2D eigenvalue weighted by Crippen LogP contribution is -2.25. The second kappa shape index (κ2) is 7.80. The van der Waals surface area contributed by atoms with Crippen LogP contribution in [0.4, 0.5) is 0 Å². The third kappa shape index (κ3) is 7.80. The van der Waals surface area contributed by atoms with Gasteiger partial charge in [0.25, 0.3) is 0 Å². The molecular formula is C4H12N2O3. The van der Waals surface area contributed by atoms with E-state index in [1.54, 1.807) is 5.64 Å². The number of aliphatic hydroxyl groups excluding tert-OH is 1. The highest BCUT2D eigenvalue weighted by molar-refractivity contribution is 4.41. The normalized spacial score (nSPS) is 10.0. The first-order valence-electron chi connectivity index (χ1n) is 2.74. The molecule has 0 radical (unpaired) electrons. The fraction of sp³-hybridized carbons (Fsp3) is 1.00. The van der Waals surface area contributed by atoms with Crippen molar-refractivity contribution in [1.82, 2.24) is 11.0 Å². The van der Waals surface area contributed by atoms with Gasteiger partial charge in [0, 0.05) is 13.1 Å². The first-order chi connectivity index (χ1) is 4.41. The van der Waals surface area contributed by atoms with Crippen molar-refractivity contribution in [2.24, 2.45) is 0 Å². The number of aliphatic hydroxyl groups is 1. The van der Waals surface area contributed by atoms with Crippen LogP contribution in [0.2, 0.25) is 0 Å². The first-order valence-corrected chi connectivity index (χ1v) is 2.74. The fourth-order valence-corrected chi connectivity index (χ4v) is 0.373. The van der Waals surface area contributed by atoms with Gasteiger partial charge >= 0.3 is 0 Å². The van der Waals surface area contributed by atoms with E-state index >= 15 is 0 Å². The van der Waals surface area contributed by atoms with E-state index in [2.05, 4.69) is 10.2 Å². The predicted octanol–water partition coefficient (Wildman–Crippen LogP) is -1.52. The molecule has 5 heteroatoms. The Morgan fingerprint density at radius 2 is 2.11 bits per heavy atom. The van der Waals surface area contributed by atoms with Crippen LogP contribution in [0.15, 0.2) is 0 Å². The molecule has 0 bridgehead atoms. The Labute approximate surface area is 53.5 Å². The van der Waals surface area contributed by atoms with E-state index in [0.717, 1.165) is 0 Å². The van der Waals surface area contributed by atoms with Crippen molar-refractivity contribution in [3.05, 3.63) is 0 Å². The van der Waals surface area contributed by atoms with Gasteiger partial charge in [-0.1, -0.05) is 5.64 Å². The van der Waals surface area contributed by atoms with Crippen LogP contribution >= 0.6 is 0 Å². The Bertz CT molecular complexity index is 47.1. The number of hydrogen-bond donors (Lipinski definition) is 4. The monoisotopic (exact) mass is 136 g/mol. The summed E-state index contributed by atoms with van der Waals surface area (Å²) in [7, 11) is 0. The molecule has 0 rings (SSSR count). The average Bonchev–Trinajstić information content (AvgIpc) is 1.89. The van der Waals surface area contributed by atoms with Gasteiger partial charge in [0.2, 0.25) is 0 Å². The van der Waals surface area contributed by atoms with Gasteiger partial charge in [0.15, 0.2) is 0 Å². The summed E-state index contributed by atoms with van der Waals surface area (Å²) >= 11 is 0. The van der Waals surface area contributed by atoms with Crippen LogP contribution in [0.25, 0.3) is 0 Å². The van der Waals surface area contributed by atoms with Crippen LogP contribution in [0.1, 0.15) is 0 Å². The third-order valence-corrected chi connectivity index (χ3v) is 0.734. The first kappa shape index (κ1) is 8.80. The summed E-state index contributed by atoms with van der Waals surface area (Å²) in [6.07, 6.45) is 0. The molecular weight excluding hydrogens is 124 g/mol. The maximum atomic E-state index is 8.25. The second-order valence-corrected chi connectivity index (χ2v) is 1.41. The molecule has 0 aromatic heterocycles. The highest BCUT2D eigenvalue weighted by atomic mass is 16.8. The number of nitrogens with one attached hydrogen (secondary N) is 2. The maximum Gasteiger partial charge on any atom is 0.0833 e. The lowest BCUT2D eigenvalue weighted by molar-refractivity contribution is -0.125. The molecule has 5 nitrogen and oxygen atoms in total. The summed E-state index contributed by atoms with van der Waals surface area (Å²) < 4.78 is 0. The summed E-state index contributed by atoms with van der Waals surface area (Å²) in [5.74, 6) is 0. The standard InChI is InChI=1S/C4H12N2O3/c7-3-1-5-2-4-9-6-8/h5-8H,1-4H2. The van der Waals surface area contributed by atoms with Gasteiger partial charge in [0.05, 0.1) is 13.2 Å². The highest BCUT2D eigenvalue weighted by Crippen LogP contribution is 1.62. The van der Waals surface area contributed by atoms with E-state index in [9.17, 15) is 0 Å². The van der Waals surface area contributed by atoms with Crippen molar-refractivity contribution in [2.75, 3.05) is 26.3 Å². The zero-order valence-corrected chi connectivity index (χ0v) is 5.13. The van der Waals surface area contributed by atoms with Gasteiger partial charge in [-0.05, 0) is 0 Å². The molecule has 0 aliphatic rings. The van der Waals surface area contributed by atoms with Gasteiger partial charge in [-0.2, -0.15) is 0 Å². The highest BCUT2D eigenvalue weighted by Gasteiger charge is 1.83. The molecule has 56 valence electrons. The molecule has 0 aromatic rings. The van der Waals surface area contributed by atoms with Gasteiger partial charge in [0.1, 0.15) is 0 Å². The van der Waals surface area contributed by atoms with Crippen LogP contribution in [-0.4, -0.2) is 36.6 Å². The van der Waals surface area contributed by atoms with Crippen molar-refractivity contribution in [3.8, 4) is 0 Å². The smallest absolute Gasteiger partial charge is 0.0833 e. The minimum absolute atomic E-state index is 0.118. The molecule has 4 N–H and O–H groups in total. The molecule has 0 unspecified atom stereocenters. The molecule has 0 aliphatic carbocycles. The van der Waals surface area contributed by atoms with Crippen LogP contribution in [-0.2, 0) is 4.84 Å². The third-order valence-electron chi connectivity index (χ3n) is 0.734. The topological polar surface area (TPSA) is 73.8 Å². The molecule has 0 fully saturated rings. The van der Waals surface area contributed by atoms with Crippen LogP contribution in [0.5, 0.6) is 0 Å². The van der Waals surface area contributed by atoms with Crippen LogP contribution in [0.3, 0.4) is 0 Å². The Morgan fingerprint density at radius 3 is 2.67 bits per heavy atom. The maximum absolute atomic E-state index is 8.25. The molecule has 0 amide bonds. The molecule has 0 saturated carbocycles. The molecule has 0 aromatic carbocycles. The fourth-order valence-electron chi connectivity index (χ4n) is 0.373. The quantitative estimate of drug-likeness (QED) is 0.263. The van der Waals surface area contributed by atoms with Crippen molar-refractivity contribution in [1.29, 1.82) is 0 Å². The summed E-state index contributed by atoms with van der Waals surface area (Å²) in [5.41, 5.74) is 1.54. The zero-order chi connectivity index (χ0) is 6.95. The van der Waals surface area contributed by atoms with Gasteiger partial charge in [-0.25, -0.2) is 0 Å². The van der Waals surface area contributed by atoms with E-state index in [0.29, 0.717) is 19.7 Å². The SMILES string of the molecule is OCCNCCONO. The molecule has 0 heterocycles. The molecule has 0 aliphatic heterocycles. The number of rotatable bonds is 6. The summed E-state index contributed by atoms with van der Waals surface area (Å²) in [6.45, 7) is 1.64. The van der Waals surface area contributed by atoms with E-state index in [4.69, 9.17) is 10.3 Å². The minimum Gasteiger partial charge on any atom is -0.395 e. The summed E-state index contributed by atoms with van der Waals surface area (Å²) in [4.78, 5) is 4.34. The Hall–Kier alpha value is -0.200. The van der Waals surface area contributed by atoms with E-state index in [1.807, 2.05) is 0 Å². The summed E-state index contributed by atoms with van der Waals surface area (Å²) in [6, 6.07) is 0. The zero-order valence-electron chi connectivity index (χ0n) is 5.13. The molecule has 9 heavy (non-hydrogen) atoms. The molecule has 0 saturated heterocycles. The van der Waals surface area contributed by atoms with Crippen molar-refractivity contribution >= 4 is 0 Å². The Balaban J connectivity index is 2.60. The van der Waals surface area contributed by atoms with Crippen molar-refractivity contribution in [3.63, 3.8) is 0 Å². The van der Waals surface area contributed by atoms with E-state index in [-0.39, 0.29) is 6.61 Å². The van der Waals surface area contributed by atoms with Gasteiger partial charge in [-0.15, -0.1) is 0 Å². The lowest BCUT2D eigenvalue weighted by atomic mass is 10.6. The van der Waals surface area contributed by atoms with Gasteiger partial charge in [-0.3, -0.25) is 10.0 Å². The van der Waals surface area contributed by atoms with E-state index < -0.39 is 0 Å². The second-order valence-electron chi connectivity index (χ2n) is 1.41. The predicted molar refractivity (Wildman–Crippen MR) is 30.8 cm³/mol. The van der Waals surface area contributed by atoms with Crippen molar-refractivity contribution < 1.29 is 15.2 Å². The van der Waals surface area contributed by atoms with Crippen LogP contribution in [0, 0.1) is 0 Å². The van der Waals surface area contributed by atoms with E-state index in [1.165, 1.54) is 0 Å². The molecule has 0 spiro atoms.